The fraction of sp³-hybridized carbons (Fsp3) is 0.909. The molecule has 88 valence electrons. The van der Waals surface area contributed by atoms with Gasteiger partial charge in [0.25, 0.3) is 0 Å². The maximum atomic E-state index is 11.7. The molecule has 15 heavy (non-hydrogen) atoms. The second-order valence-electron chi connectivity index (χ2n) is 4.32. The van der Waals surface area contributed by atoms with E-state index in [1.54, 1.807) is 0 Å². The molecule has 0 saturated carbocycles. The summed E-state index contributed by atoms with van der Waals surface area (Å²) in [5.41, 5.74) is 0. The zero-order chi connectivity index (χ0) is 11.1. The Labute approximate surface area is 91.4 Å². The average molecular weight is 214 g/mol. The average Bonchev–Trinajstić information content (AvgIpc) is 2.64. The quantitative estimate of drug-likeness (QED) is 0.550. The Hall–Kier alpha value is -0.610. The summed E-state index contributed by atoms with van der Waals surface area (Å²) in [6, 6.07) is 0. The second kappa shape index (κ2) is 6.80. The molecule has 4 nitrogen and oxygen atoms in total. The van der Waals surface area contributed by atoms with Gasteiger partial charge in [-0.05, 0) is 31.7 Å². The molecule has 1 heterocycles. The van der Waals surface area contributed by atoms with Gasteiger partial charge in [-0.2, -0.15) is 0 Å². The first kappa shape index (κ1) is 12.5. The van der Waals surface area contributed by atoms with Crippen LogP contribution in [-0.4, -0.2) is 37.3 Å². The van der Waals surface area contributed by atoms with E-state index in [0.29, 0.717) is 5.92 Å². The molecule has 1 aliphatic heterocycles. The summed E-state index contributed by atoms with van der Waals surface area (Å²) >= 11 is 0. The van der Waals surface area contributed by atoms with Crippen molar-refractivity contribution in [1.29, 1.82) is 0 Å². The molecule has 0 aliphatic carbocycles. The standard InChI is InChI=1S/C11H22N2O2/c1-9-7-12-8-10(9)11(15)13-5-3-2-4-6-14/h9-10,12,14H,2-8H2,1H3,(H,13,15)/t9-,10-/m1/s1. The molecule has 2 atom stereocenters. The molecule has 0 unspecified atom stereocenters. The number of nitrogens with one attached hydrogen (secondary N) is 2. The zero-order valence-electron chi connectivity index (χ0n) is 9.46. The van der Waals surface area contributed by atoms with E-state index in [1.165, 1.54) is 0 Å². The molecule has 0 aromatic heterocycles. The molecular formula is C11H22N2O2. The van der Waals surface area contributed by atoms with Crippen LogP contribution in [0.5, 0.6) is 0 Å². The molecule has 0 spiro atoms. The van der Waals surface area contributed by atoms with Crippen molar-refractivity contribution in [3.05, 3.63) is 0 Å². The highest BCUT2D eigenvalue weighted by Crippen LogP contribution is 2.15. The van der Waals surface area contributed by atoms with Gasteiger partial charge >= 0.3 is 0 Å². The molecule has 1 saturated heterocycles. The third-order valence-corrected chi connectivity index (χ3v) is 2.99. The molecular weight excluding hydrogens is 192 g/mol. The van der Waals surface area contributed by atoms with Gasteiger partial charge in [0.1, 0.15) is 0 Å². The maximum absolute atomic E-state index is 11.7. The topological polar surface area (TPSA) is 61.4 Å². The normalized spacial score (nSPS) is 25.5. The second-order valence-corrected chi connectivity index (χ2v) is 4.32. The van der Waals surface area contributed by atoms with Crippen LogP contribution in [0.2, 0.25) is 0 Å². The Morgan fingerprint density at radius 2 is 2.20 bits per heavy atom. The monoisotopic (exact) mass is 214 g/mol. The predicted octanol–water partition coefficient (Wildman–Crippen LogP) is 0.121. The number of amides is 1. The van der Waals surface area contributed by atoms with Crippen LogP contribution in [0.1, 0.15) is 26.2 Å². The van der Waals surface area contributed by atoms with Gasteiger partial charge in [0.2, 0.25) is 5.91 Å². The molecule has 0 radical (unpaired) electrons. The third-order valence-electron chi connectivity index (χ3n) is 2.99. The van der Waals surface area contributed by atoms with Crippen LogP contribution in [0.4, 0.5) is 0 Å². The van der Waals surface area contributed by atoms with Crippen LogP contribution < -0.4 is 10.6 Å². The zero-order valence-corrected chi connectivity index (χ0v) is 9.46. The van der Waals surface area contributed by atoms with Gasteiger partial charge in [0.05, 0.1) is 5.92 Å². The summed E-state index contributed by atoms with van der Waals surface area (Å²) < 4.78 is 0. The summed E-state index contributed by atoms with van der Waals surface area (Å²) in [6.45, 7) is 4.85. The van der Waals surface area contributed by atoms with Crippen LogP contribution in [0, 0.1) is 11.8 Å². The lowest BCUT2D eigenvalue weighted by atomic mass is 9.97. The van der Waals surface area contributed by atoms with Gasteiger partial charge in [-0.15, -0.1) is 0 Å². The Morgan fingerprint density at radius 3 is 2.80 bits per heavy atom. The maximum Gasteiger partial charge on any atom is 0.224 e. The van der Waals surface area contributed by atoms with Crippen LogP contribution in [0.25, 0.3) is 0 Å². The van der Waals surface area contributed by atoms with Crippen molar-refractivity contribution in [1.82, 2.24) is 10.6 Å². The van der Waals surface area contributed by atoms with Crippen molar-refractivity contribution in [3.63, 3.8) is 0 Å². The Balaban J connectivity index is 2.08. The van der Waals surface area contributed by atoms with Crippen LogP contribution in [0.3, 0.4) is 0 Å². The molecule has 0 aromatic carbocycles. The lowest BCUT2D eigenvalue weighted by molar-refractivity contribution is -0.125. The minimum atomic E-state index is 0.142. The van der Waals surface area contributed by atoms with Gasteiger partial charge in [0.15, 0.2) is 0 Å². The summed E-state index contributed by atoms with van der Waals surface area (Å²) in [7, 11) is 0. The number of hydrogen-bond donors (Lipinski definition) is 3. The van der Waals surface area contributed by atoms with E-state index in [2.05, 4.69) is 17.6 Å². The van der Waals surface area contributed by atoms with Gasteiger partial charge < -0.3 is 15.7 Å². The van der Waals surface area contributed by atoms with E-state index in [-0.39, 0.29) is 18.4 Å². The number of aliphatic hydroxyl groups excluding tert-OH is 1. The largest absolute Gasteiger partial charge is 0.396 e. The van der Waals surface area contributed by atoms with Gasteiger partial charge in [-0.3, -0.25) is 4.79 Å². The van der Waals surface area contributed by atoms with Gasteiger partial charge in [-0.25, -0.2) is 0 Å². The number of carbonyl (C=O) groups is 1. The first-order valence-corrected chi connectivity index (χ1v) is 5.85. The van der Waals surface area contributed by atoms with Crippen molar-refractivity contribution in [2.24, 2.45) is 11.8 Å². The highest BCUT2D eigenvalue weighted by Gasteiger charge is 2.28. The van der Waals surface area contributed by atoms with E-state index in [9.17, 15) is 4.79 Å². The summed E-state index contributed by atoms with van der Waals surface area (Å²) in [5.74, 6) is 0.766. The Bertz CT molecular complexity index is 197. The minimum Gasteiger partial charge on any atom is -0.396 e. The molecule has 4 heteroatoms. The van der Waals surface area contributed by atoms with Crippen molar-refractivity contribution < 1.29 is 9.90 Å². The lowest BCUT2D eigenvalue weighted by Crippen LogP contribution is -2.34. The fourth-order valence-corrected chi connectivity index (χ4v) is 1.92. The van der Waals surface area contributed by atoms with Gasteiger partial charge in [-0.1, -0.05) is 6.92 Å². The van der Waals surface area contributed by atoms with Crippen molar-refractivity contribution in [2.75, 3.05) is 26.2 Å². The van der Waals surface area contributed by atoms with Crippen LogP contribution in [-0.2, 0) is 4.79 Å². The number of carbonyl (C=O) groups excluding carboxylic acids is 1. The Kier molecular flexibility index (Phi) is 5.65. The van der Waals surface area contributed by atoms with Crippen LogP contribution >= 0.6 is 0 Å². The molecule has 1 amide bonds. The summed E-state index contributed by atoms with van der Waals surface area (Å²) in [4.78, 5) is 11.7. The number of aliphatic hydroxyl groups is 1. The van der Waals surface area contributed by atoms with E-state index < -0.39 is 0 Å². The molecule has 1 aliphatic rings. The van der Waals surface area contributed by atoms with E-state index in [4.69, 9.17) is 5.11 Å². The van der Waals surface area contributed by atoms with Crippen LogP contribution in [0.15, 0.2) is 0 Å². The smallest absolute Gasteiger partial charge is 0.224 e. The molecule has 1 rings (SSSR count). The van der Waals surface area contributed by atoms with Crippen molar-refractivity contribution in [3.8, 4) is 0 Å². The van der Waals surface area contributed by atoms with Gasteiger partial charge in [0, 0.05) is 19.7 Å². The fourth-order valence-electron chi connectivity index (χ4n) is 1.92. The first-order chi connectivity index (χ1) is 7.25. The SMILES string of the molecule is C[C@@H]1CNC[C@H]1C(=O)NCCCCCO. The lowest BCUT2D eigenvalue weighted by Gasteiger charge is -2.13. The minimum absolute atomic E-state index is 0.142. The highest BCUT2D eigenvalue weighted by molar-refractivity contribution is 5.79. The third kappa shape index (κ3) is 4.18. The molecule has 0 bridgehead atoms. The predicted molar refractivity (Wildman–Crippen MR) is 59.5 cm³/mol. The van der Waals surface area contributed by atoms with E-state index in [0.717, 1.165) is 38.9 Å². The first-order valence-electron chi connectivity index (χ1n) is 5.85. The Morgan fingerprint density at radius 1 is 1.40 bits per heavy atom. The number of unbranched alkanes of at least 4 members (excludes halogenated alkanes) is 2. The van der Waals surface area contributed by atoms with Crippen molar-refractivity contribution in [2.45, 2.75) is 26.2 Å². The molecule has 0 aromatic rings. The van der Waals surface area contributed by atoms with E-state index in [1.807, 2.05) is 0 Å². The molecule has 3 N–H and O–H groups in total. The summed E-state index contributed by atoms with van der Waals surface area (Å²) in [6.07, 6.45) is 2.77. The number of rotatable bonds is 6. The summed E-state index contributed by atoms with van der Waals surface area (Å²) in [5, 5.41) is 14.8. The molecule has 1 fully saturated rings. The number of hydrogen-bond acceptors (Lipinski definition) is 3. The van der Waals surface area contributed by atoms with E-state index >= 15 is 0 Å². The highest BCUT2D eigenvalue weighted by atomic mass is 16.2. The van der Waals surface area contributed by atoms with Crippen molar-refractivity contribution >= 4 is 5.91 Å².